The minimum Gasteiger partial charge on any atom is -0.345 e. The number of piperidine rings is 1. The van der Waals surface area contributed by atoms with Crippen LogP contribution >= 0.6 is 0 Å². The van der Waals surface area contributed by atoms with Crippen molar-refractivity contribution in [3.05, 3.63) is 0 Å². The molecular weight excluding hydrogens is 270 g/mol. The van der Waals surface area contributed by atoms with Crippen molar-refractivity contribution in [2.75, 3.05) is 20.1 Å². The lowest BCUT2D eigenvalue weighted by molar-refractivity contribution is -0.145. The lowest BCUT2D eigenvalue weighted by Gasteiger charge is -2.37. The number of hydrogen-bond donors (Lipinski definition) is 1. The highest BCUT2D eigenvalue weighted by Crippen LogP contribution is 2.23. The maximum absolute atomic E-state index is 12.7. The van der Waals surface area contributed by atoms with Crippen molar-refractivity contribution < 1.29 is 14.4 Å². The van der Waals surface area contributed by atoms with Gasteiger partial charge in [-0.05, 0) is 52.6 Å². The summed E-state index contributed by atoms with van der Waals surface area (Å²) in [6.07, 6.45) is 5.16. The first kappa shape index (κ1) is 15.9. The third kappa shape index (κ3) is 3.61. The predicted octanol–water partition coefficient (Wildman–Crippen LogP) is 0.165. The second kappa shape index (κ2) is 7.02. The van der Waals surface area contributed by atoms with Gasteiger partial charge in [0.15, 0.2) is 0 Å². The van der Waals surface area contributed by atoms with E-state index in [9.17, 15) is 14.4 Å². The van der Waals surface area contributed by atoms with E-state index in [0.29, 0.717) is 19.3 Å². The van der Waals surface area contributed by atoms with E-state index in [2.05, 4.69) is 10.2 Å². The van der Waals surface area contributed by atoms with Crippen molar-refractivity contribution in [3.63, 3.8) is 0 Å². The topological polar surface area (TPSA) is 69.7 Å². The fourth-order valence-corrected chi connectivity index (χ4v) is 3.24. The van der Waals surface area contributed by atoms with Crippen LogP contribution in [0.5, 0.6) is 0 Å². The number of hydrogen-bond acceptors (Lipinski definition) is 4. The van der Waals surface area contributed by atoms with Gasteiger partial charge in [0.25, 0.3) is 0 Å². The Morgan fingerprint density at radius 3 is 2.48 bits per heavy atom. The Morgan fingerprint density at radius 2 is 1.86 bits per heavy atom. The highest BCUT2D eigenvalue weighted by molar-refractivity contribution is 5.91. The molecule has 2 aliphatic rings. The number of likely N-dealkylation sites (N-methyl/N-ethyl adjacent to an activating group) is 1. The maximum atomic E-state index is 12.7. The fraction of sp³-hybridized carbons (Fsp3) is 0.800. The largest absolute Gasteiger partial charge is 0.345 e. The quantitative estimate of drug-likeness (QED) is 0.750. The van der Waals surface area contributed by atoms with Crippen molar-refractivity contribution in [1.29, 1.82) is 0 Å². The molecule has 21 heavy (non-hydrogen) atoms. The van der Waals surface area contributed by atoms with Crippen LogP contribution in [0.3, 0.4) is 0 Å². The zero-order valence-corrected chi connectivity index (χ0v) is 12.9. The molecule has 0 bridgehead atoms. The minimum atomic E-state index is -0.509. The van der Waals surface area contributed by atoms with E-state index >= 15 is 0 Å². The van der Waals surface area contributed by atoms with E-state index in [1.165, 1.54) is 0 Å². The number of aldehydes is 1. The second-order valence-corrected chi connectivity index (χ2v) is 6.12. The van der Waals surface area contributed by atoms with Gasteiger partial charge in [-0.1, -0.05) is 0 Å². The summed E-state index contributed by atoms with van der Waals surface area (Å²) in [5.41, 5.74) is 0. The first-order valence-corrected chi connectivity index (χ1v) is 7.81. The van der Waals surface area contributed by atoms with Crippen LogP contribution in [-0.2, 0) is 14.4 Å². The van der Waals surface area contributed by atoms with Crippen molar-refractivity contribution in [2.24, 2.45) is 0 Å². The molecular formula is C15H25N3O3. The number of nitrogens with zero attached hydrogens (tertiary/aromatic N) is 2. The number of rotatable bonds is 4. The third-order valence-electron chi connectivity index (χ3n) is 4.47. The maximum Gasteiger partial charge on any atom is 0.243 e. The van der Waals surface area contributed by atoms with Crippen molar-refractivity contribution >= 4 is 18.1 Å². The molecule has 2 heterocycles. The second-order valence-electron chi connectivity index (χ2n) is 6.12. The Morgan fingerprint density at radius 1 is 1.14 bits per heavy atom. The van der Waals surface area contributed by atoms with Crippen LogP contribution < -0.4 is 5.32 Å². The van der Waals surface area contributed by atoms with Crippen molar-refractivity contribution in [3.8, 4) is 0 Å². The van der Waals surface area contributed by atoms with Crippen LogP contribution in [0, 0.1) is 0 Å². The number of nitrogens with one attached hydrogen (secondary N) is 1. The van der Waals surface area contributed by atoms with E-state index in [0.717, 1.165) is 32.2 Å². The average molecular weight is 295 g/mol. The zero-order chi connectivity index (χ0) is 15.4. The summed E-state index contributed by atoms with van der Waals surface area (Å²) in [5.74, 6) is -0.142. The summed E-state index contributed by atoms with van der Waals surface area (Å²) >= 11 is 0. The molecule has 3 unspecified atom stereocenters. The number of carbonyl (C=O) groups is 3. The van der Waals surface area contributed by atoms with Gasteiger partial charge in [0, 0.05) is 6.54 Å². The van der Waals surface area contributed by atoms with Crippen molar-refractivity contribution in [2.45, 2.75) is 57.2 Å². The van der Waals surface area contributed by atoms with Gasteiger partial charge in [-0.2, -0.15) is 0 Å². The van der Waals surface area contributed by atoms with Gasteiger partial charge < -0.3 is 15.0 Å². The molecule has 118 valence electrons. The van der Waals surface area contributed by atoms with Crippen molar-refractivity contribution in [1.82, 2.24) is 15.1 Å². The van der Waals surface area contributed by atoms with Gasteiger partial charge in [-0.3, -0.25) is 14.5 Å². The highest BCUT2D eigenvalue weighted by Gasteiger charge is 2.38. The Balaban J connectivity index is 2.05. The summed E-state index contributed by atoms with van der Waals surface area (Å²) < 4.78 is 0. The Labute approximate surface area is 125 Å². The molecule has 0 saturated carbocycles. The van der Waals surface area contributed by atoms with Gasteiger partial charge in [-0.25, -0.2) is 0 Å². The van der Waals surface area contributed by atoms with Gasteiger partial charge in [0.2, 0.25) is 11.8 Å². The molecule has 0 spiro atoms. The average Bonchev–Trinajstić information content (AvgIpc) is 2.92. The lowest BCUT2D eigenvalue weighted by atomic mass is 9.99. The van der Waals surface area contributed by atoms with E-state index < -0.39 is 12.1 Å². The van der Waals surface area contributed by atoms with E-state index in [4.69, 9.17) is 0 Å². The fourth-order valence-electron chi connectivity index (χ4n) is 3.24. The van der Waals surface area contributed by atoms with Crippen LogP contribution in [0.2, 0.25) is 0 Å². The molecule has 0 aliphatic carbocycles. The first-order valence-electron chi connectivity index (χ1n) is 7.81. The molecule has 0 aromatic rings. The van der Waals surface area contributed by atoms with Gasteiger partial charge in [0.1, 0.15) is 12.3 Å². The van der Waals surface area contributed by atoms with Crippen LogP contribution in [0.15, 0.2) is 0 Å². The third-order valence-corrected chi connectivity index (χ3v) is 4.47. The molecule has 0 aromatic carbocycles. The molecule has 2 aliphatic heterocycles. The Bertz CT molecular complexity index is 413. The summed E-state index contributed by atoms with van der Waals surface area (Å²) in [4.78, 5) is 39.5. The van der Waals surface area contributed by atoms with Crippen LogP contribution in [0.25, 0.3) is 0 Å². The minimum absolute atomic E-state index is 0.0635. The normalized spacial score (nSPS) is 28.2. The molecule has 2 amide bonds. The summed E-state index contributed by atoms with van der Waals surface area (Å²) in [7, 11) is 1.96. The number of carbonyl (C=O) groups excluding carboxylic acids is 3. The molecule has 2 fully saturated rings. The first-order chi connectivity index (χ1) is 10.0. The van der Waals surface area contributed by atoms with E-state index in [1.54, 1.807) is 11.8 Å². The van der Waals surface area contributed by atoms with Gasteiger partial charge >= 0.3 is 0 Å². The van der Waals surface area contributed by atoms with Gasteiger partial charge in [0.05, 0.1) is 12.1 Å². The van der Waals surface area contributed by atoms with Gasteiger partial charge in [-0.15, -0.1) is 0 Å². The SMILES string of the molecule is CC(C=O)NC(=O)C1CCCCN1C(=O)C1CCCN1C. The smallest absolute Gasteiger partial charge is 0.243 e. The summed E-state index contributed by atoms with van der Waals surface area (Å²) in [5, 5.41) is 2.67. The predicted molar refractivity (Wildman–Crippen MR) is 78.7 cm³/mol. The molecule has 6 nitrogen and oxygen atoms in total. The Kier molecular flexibility index (Phi) is 5.33. The molecule has 0 aromatic heterocycles. The molecule has 2 rings (SSSR count). The Hall–Kier alpha value is -1.43. The standard InChI is InChI=1S/C15H25N3O3/c1-11(10-19)16-14(20)12-6-3-4-9-18(12)15(21)13-7-5-8-17(13)2/h10-13H,3-9H2,1-2H3,(H,16,20). The van der Waals surface area contributed by atoms with Crippen LogP contribution in [0.1, 0.15) is 39.0 Å². The lowest BCUT2D eigenvalue weighted by Crippen LogP contribution is -2.57. The highest BCUT2D eigenvalue weighted by atomic mass is 16.2. The summed E-state index contributed by atoms with van der Waals surface area (Å²) in [6.45, 7) is 3.21. The molecule has 1 N–H and O–H groups in total. The number of amides is 2. The monoisotopic (exact) mass is 295 g/mol. The molecule has 3 atom stereocenters. The molecule has 0 radical (unpaired) electrons. The molecule has 2 saturated heterocycles. The van der Waals surface area contributed by atoms with Crippen LogP contribution in [0.4, 0.5) is 0 Å². The summed E-state index contributed by atoms with van der Waals surface area (Å²) in [6, 6.07) is -1.03. The van der Waals surface area contributed by atoms with Crippen LogP contribution in [-0.4, -0.2) is 66.2 Å². The molecule has 6 heteroatoms. The zero-order valence-electron chi connectivity index (χ0n) is 12.9. The number of likely N-dealkylation sites (tertiary alicyclic amines) is 2. The van der Waals surface area contributed by atoms with E-state index in [1.807, 2.05) is 7.05 Å². The van der Waals surface area contributed by atoms with E-state index in [-0.39, 0.29) is 17.9 Å².